The minimum absolute atomic E-state index is 0.148. The van der Waals surface area contributed by atoms with Crippen LogP contribution in [0.2, 0.25) is 0 Å². The minimum Gasteiger partial charge on any atom is -0.466 e. The Labute approximate surface area is 545 Å². The van der Waals surface area contributed by atoms with Gasteiger partial charge >= 0.3 is 23.9 Å². The third-order valence-corrected chi connectivity index (χ3v) is 16.3. The summed E-state index contributed by atoms with van der Waals surface area (Å²) in [6.45, 7) is 24.6. The Bertz CT molecular complexity index is 1520. The highest BCUT2D eigenvalue weighted by Crippen LogP contribution is 2.21. The molecule has 89 heavy (non-hydrogen) atoms. The molecule has 0 saturated heterocycles. The van der Waals surface area contributed by atoms with Crippen molar-refractivity contribution in [3.63, 3.8) is 0 Å². The second-order valence-electron chi connectivity index (χ2n) is 24.7. The van der Waals surface area contributed by atoms with E-state index in [4.69, 9.17) is 47.4 Å². The summed E-state index contributed by atoms with van der Waals surface area (Å²) < 4.78 is 56.9. The van der Waals surface area contributed by atoms with E-state index in [0.29, 0.717) is 83.4 Å². The lowest BCUT2D eigenvalue weighted by Crippen LogP contribution is -2.34. The predicted octanol–water partition coefficient (Wildman–Crippen LogP) is 15.5. The van der Waals surface area contributed by atoms with Gasteiger partial charge in [0.05, 0.1) is 71.9 Å². The van der Waals surface area contributed by atoms with E-state index in [0.717, 1.165) is 51.6 Å². The number of carbonyl (C=O) groups is 4. The van der Waals surface area contributed by atoms with E-state index in [1.165, 1.54) is 154 Å². The fourth-order valence-electron chi connectivity index (χ4n) is 10.7. The zero-order chi connectivity index (χ0) is 65.1. The van der Waals surface area contributed by atoms with Gasteiger partial charge in [0, 0.05) is 26.2 Å². The standard InChI is InChI=1S/C72H139N3O14/c1-9-16-23-27-28-32-53-86-69(76)41-49-74(50-42-70(77)87-57-54-80-63-83-60-66(35-20-13-5)38-29-24-17-10-2)47-33-45-73(8)46-34-48-75(51-43-71(78)88-58-55-81-64-84-61-67(36-21-14-6)39-30-25-18-11-3)52-44-72(79)89-59-56-82-65-85-62-68(37-22-15-7)40-31-26-19-12-4/h16,23,66-68H,9-15,17-22,24-65H2,1-8H3/b23-16-. The van der Waals surface area contributed by atoms with E-state index in [1.807, 2.05) is 0 Å². The van der Waals surface area contributed by atoms with Crippen molar-refractivity contribution in [3.8, 4) is 0 Å². The molecule has 17 heteroatoms. The van der Waals surface area contributed by atoms with E-state index >= 15 is 0 Å². The third-order valence-electron chi connectivity index (χ3n) is 16.3. The van der Waals surface area contributed by atoms with Crippen LogP contribution in [0.1, 0.15) is 267 Å². The SMILES string of the molecule is CC/C=C\CCCCOC(=O)CCN(CCCN(C)CCCN(CCC(=O)OCCOCOCC(CCCC)CCCCCC)CCC(=O)OCCOCOCC(CCCC)CCCCCC)CCC(=O)OCCOCOCC(CCCC)CCCCCC. The first-order valence-electron chi connectivity index (χ1n) is 36.4. The van der Waals surface area contributed by atoms with Gasteiger partial charge in [0.15, 0.2) is 0 Å². The van der Waals surface area contributed by atoms with Gasteiger partial charge in [-0.25, -0.2) is 0 Å². The molecule has 0 radical (unpaired) electrons. The summed E-state index contributed by atoms with van der Waals surface area (Å²) in [4.78, 5) is 58.2. The highest BCUT2D eigenvalue weighted by atomic mass is 16.7. The number of rotatable bonds is 71. The molecule has 0 aromatic rings. The number of hydrogen-bond acceptors (Lipinski definition) is 17. The molecular formula is C72H139N3O14. The lowest BCUT2D eigenvalue weighted by Gasteiger charge is -2.25. The van der Waals surface area contributed by atoms with Crippen LogP contribution < -0.4 is 0 Å². The first-order valence-corrected chi connectivity index (χ1v) is 36.4. The minimum atomic E-state index is -0.316. The smallest absolute Gasteiger partial charge is 0.307 e. The Morgan fingerprint density at radius 3 is 0.966 bits per heavy atom. The lowest BCUT2D eigenvalue weighted by molar-refractivity contribution is -0.149. The van der Waals surface area contributed by atoms with Gasteiger partial charge in [-0.3, -0.25) is 19.2 Å². The molecule has 0 saturated carbocycles. The van der Waals surface area contributed by atoms with Crippen molar-refractivity contribution < 1.29 is 66.5 Å². The molecule has 0 aliphatic rings. The van der Waals surface area contributed by atoms with Crippen LogP contribution in [-0.2, 0) is 66.5 Å². The van der Waals surface area contributed by atoms with Gasteiger partial charge in [-0.15, -0.1) is 0 Å². The predicted molar refractivity (Wildman–Crippen MR) is 361 cm³/mol. The fraction of sp³-hybridized carbons (Fsp3) is 0.917. The Morgan fingerprint density at radius 2 is 0.640 bits per heavy atom. The summed E-state index contributed by atoms with van der Waals surface area (Å²) in [6, 6.07) is 0. The maximum absolute atomic E-state index is 13.0. The topological polar surface area (TPSA) is 170 Å². The molecule has 3 atom stereocenters. The molecule has 17 nitrogen and oxygen atoms in total. The van der Waals surface area contributed by atoms with Crippen molar-refractivity contribution in [3.05, 3.63) is 12.2 Å². The summed E-state index contributed by atoms with van der Waals surface area (Å²) in [5, 5.41) is 0. The number of esters is 4. The molecule has 0 aromatic carbocycles. The molecule has 3 unspecified atom stereocenters. The molecule has 0 amide bonds. The third kappa shape index (κ3) is 61.2. The first kappa shape index (κ1) is 86.3. The Hall–Kier alpha value is -2.74. The molecule has 0 spiro atoms. The van der Waals surface area contributed by atoms with E-state index < -0.39 is 0 Å². The fourth-order valence-corrected chi connectivity index (χ4v) is 10.7. The van der Waals surface area contributed by atoms with Gasteiger partial charge < -0.3 is 62.1 Å². The number of carbonyl (C=O) groups excluding carboxylic acids is 4. The van der Waals surface area contributed by atoms with Gasteiger partial charge in [0.1, 0.15) is 40.2 Å². The molecule has 0 heterocycles. The van der Waals surface area contributed by atoms with Crippen LogP contribution in [0.3, 0.4) is 0 Å². The summed E-state index contributed by atoms with van der Waals surface area (Å²) in [6.07, 6.45) is 39.9. The van der Waals surface area contributed by atoms with Crippen LogP contribution in [0.25, 0.3) is 0 Å². The summed E-state index contributed by atoms with van der Waals surface area (Å²) in [5.41, 5.74) is 0. The highest BCUT2D eigenvalue weighted by Gasteiger charge is 2.17. The summed E-state index contributed by atoms with van der Waals surface area (Å²) in [7, 11) is 2.09. The van der Waals surface area contributed by atoms with Gasteiger partial charge in [0.2, 0.25) is 0 Å². The van der Waals surface area contributed by atoms with Crippen molar-refractivity contribution >= 4 is 23.9 Å². The Morgan fingerprint density at radius 1 is 0.315 bits per heavy atom. The van der Waals surface area contributed by atoms with Gasteiger partial charge in [0.25, 0.3) is 0 Å². The number of allylic oxidation sites excluding steroid dienone is 2. The van der Waals surface area contributed by atoms with Crippen LogP contribution in [0.4, 0.5) is 0 Å². The summed E-state index contributed by atoms with van der Waals surface area (Å²) in [5.74, 6) is 0.483. The Balaban J connectivity index is 5.35. The normalized spacial score (nSPS) is 12.8. The van der Waals surface area contributed by atoms with E-state index in [9.17, 15) is 19.2 Å². The molecule has 0 rings (SSSR count). The average Bonchev–Trinajstić information content (AvgIpc) is 3.58. The number of ether oxygens (including phenoxy) is 10. The van der Waals surface area contributed by atoms with Crippen molar-refractivity contribution in [2.45, 2.75) is 267 Å². The maximum atomic E-state index is 13.0. The molecular weight excluding hydrogens is 1130 g/mol. The number of nitrogens with zero attached hydrogens (tertiary/aromatic N) is 3. The molecule has 0 aliphatic carbocycles. The highest BCUT2D eigenvalue weighted by molar-refractivity contribution is 5.71. The second kappa shape index (κ2) is 68.1. The quantitative estimate of drug-likeness (QED) is 0.0185. The number of unbranched alkanes of at least 4 members (excludes halogenated alkanes) is 14. The molecule has 526 valence electrons. The maximum Gasteiger partial charge on any atom is 0.307 e. The zero-order valence-corrected chi connectivity index (χ0v) is 58.8. The van der Waals surface area contributed by atoms with E-state index in [2.05, 4.69) is 82.4 Å². The van der Waals surface area contributed by atoms with Gasteiger partial charge in [-0.2, -0.15) is 0 Å². The lowest BCUT2D eigenvalue weighted by atomic mass is 9.96. The molecule has 0 fully saturated rings. The zero-order valence-electron chi connectivity index (χ0n) is 58.8. The first-order chi connectivity index (χ1) is 43.5. The van der Waals surface area contributed by atoms with Crippen LogP contribution in [-0.4, -0.2) is 184 Å². The largest absolute Gasteiger partial charge is 0.466 e. The monoisotopic (exact) mass is 1270 g/mol. The van der Waals surface area contributed by atoms with Crippen LogP contribution >= 0.6 is 0 Å². The van der Waals surface area contributed by atoms with Gasteiger partial charge in [-0.05, 0) is 128 Å². The average molecular weight is 1270 g/mol. The molecule has 0 N–H and O–H groups in total. The van der Waals surface area contributed by atoms with E-state index in [1.54, 1.807) is 0 Å². The van der Waals surface area contributed by atoms with Gasteiger partial charge in [-0.1, -0.05) is 176 Å². The van der Waals surface area contributed by atoms with E-state index in [-0.39, 0.29) is 110 Å². The second-order valence-corrected chi connectivity index (χ2v) is 24.7. The molecule has 0 aromatic heterocycles. The van der Waals surface area contributed by atoms with Crippen molar-refractivity contribution in [1.29, 1.82) is 0 Å². The van der Waals surface area contributed by atoms with Crippen LogP contribution in [0.15, 0.2) is 12.2 Å². The van der Waals surface area contributed by atoms with Crippen LogP contribution in [0.5, 0.6) is 0 Å². The Kier molecular flexibility index (Phi) is 66.0. The van der Waals surface area contributed by atoms with Crippen molar-refractivity contribution in [1.82, 2.24) is 14.7 Å². The molecule has 0 bridgehead atoms. The molecule has 0 aliphatic heterocycles. The number of hydrogen-bond donors (Lipinski definition) is 0. The van der Waals surface area contributed by atoms with Crippen LogP contribution in [0, 0.1) is 17.8 Å². The van der Waals surface area contributed by atoms with Crippen molar-refractivity contribution in [2.75, 3.05) is 146 Å². The van der Waals surface area contributed by atoms with Crippen molar-refractivity contribution in [2.24, 2.45) is 17.8 Å². The summed E-state index contributed by atoms with van der Waals surface area (Å²) >= 11 is 0.